The number of carbonyl (C=O) groups excluding carboxylic acids is 1. The van der Waals surface area contributed by atoms with E-state index < -0.39 is 124 Å². The molecule has 0 aromatic heterocycles. The van der Waals surface area contributed by atoms with Gasteiger partial charge >= 0.3 is 0 Å². The van der Waals surface area contributed by atoms with Crippen LogP contribution < -0.4 is 5.32 Å². The third kappa shape index (κ3) is 34.3. The van der Waals surface area contributed by atoms with Crippen molar-refractivity contribution in [1.29, 1.82) is 0 Å². The number of aliphatic hydroxyl groups excluding tert-OH is 11. The number of hydrogen-bond acceptors (Lipinski definition) is 18. The van der Waals surface area contributed by atoms with Crippen LogP contribution in [0, 0.1) is 0 Å². The zero-order valence-corrected chi connectivity index (χ0v) is 55.2. The highest BCUT2D eigenvalue weighted by Crippen LogP contribution is 2.33. The van der Waals surface area contributed by atoms with Crippen LogP contribution in [-0.4, -0.2) is 193 Å². The highest BCUT2D eigenvalue weighted by atomic mass is 16.8. The van der Waals surface area contributed by atoms with Gasteiger partial charge in [-0.2, -0.15) is 0 Å². The molecule has 522 valence electrons. The molecule has 0 aromatic rings. The SMILES string of the molecule is CCCCCCC/C=C\C/C=C\C/C=C\CCCCCCCCCCCCCCCCC(=O)NC(COC1OC(CO)C(OC2OC(CO)C(OC3OC(CO)C(O)C(O)C3O)C(O)C2O)C(O)C1O)C(O)CCCCCCCCCCCCCCCCC. The Bertz CT molecular complexity index is 1760. The quantitative estimate of drug-likeness (QED) is 0.0199. The van der Waals surface area contributed by atoms with E-state index >= 15 is 0 Å². The van der Waals surface area contributed by atoms with Crippen LogP contribution in [0.3, 0.4) is 0 Å². The summed E-state index contributed by atoms with van der Waals surface area (Å²) in [5, 5.41) is 121. The van der Waals surface area contributed by atoms with E-state index in [0.29, 0.717) is 12.8 Å². The molecule has 3 aliphatic rings. The number of unbranched alkanes of at least 4 members (excludes halogenated alkanes) is 33. The van der Waals surface area contributed by atoms with E-state index in [1.165, 1.54) is 180 Å². The minimum Gasteiger partial charge on any atom is -0.394 e. The number of hydrogen-bond donors (Lipinski definition) is 12. The summed E-state index contributed by atoms with van der Waals surface area (Å²) < 4.78 is 34.4. The second-order valence-corrected chi connectivity index (χ2v) is 25.7. The molecule has 0 bridgehead atoms. The first-order valence-electron chi connectivity index (χ1n) is 35.7. The highest BCUT2D eigenvalue weighted by Gasteiger charge is 2.53. The van der Waals surface area contributed by atoms with Crippen LogP contribution in [0.15, 0.2) is 36.5 Å². The van der Waals surface area contributed by atoms with Crippen LogP contribution in [-0.2, 0) is 33.2 Å². The minimum absolute atomic E-state index is 0.242. The zero-order valence-electron chi connectivity index (χ0n) is 55.2. The number of allylic oxidation sites excluding steroid dienone is 6. The van der Waals surface area contributed by atoms with Gasteiger partial charge in [0.2, 0.25) is 5.91 Å². The van der Waals surface area contributed by atoms with Gasteiger partial charge in [-0.1, -0.05) is 249 Å². The predicted octanol–water partition coefficient (Wildman–Crippen LogP) is 9.61. The zero-order chi connectivity index (χ0) is 64.7. The monoisotopic (exact) mass is 1270 g/mol. The van der Waals surface area contributed by atoms with Gasteiger partial charge in [0.1, 0.15) is 73.2 Å². The molecular weight excluding hydrogens is 1140 g/mol. The molecular formula is C70H129NO18. The Morgan fingerprint density at radius 1 is 0.404 bits per heavy atom. The summed E-state index contributed by atoms with van der Waals surface area (Å²) in [6.45, 7) is 1.80. The second-order valence-electron chi connectivity index (χ2n) is 25.7. The van der Waals surface area contributed by atoms with Gasteiger partial charge in [-0.05, 0) is 51.4 Å². The van der Waals surface area contributed by atoms with Crippen molar-refractivity contribution in [1.82, 2.24) is 5.32 Å². The fourth-order valence-electron chi connectivity index (χ4n) is 12.1. The van der Waals surface area contributed by atoms with Gasteiger partial charge in [0.05, 0.1) is 38.6 Å². The van der Waals surface area contributed by atoms with Crippen molar-refractivity contribution in [2.75, 3.05) is 26.4 Å². The summed E-state index contributed by atoms with van der Waals surface area (Å²) in [4.78, 5) is 13.4. The smallest absolute Gasteiger partial charge is 0.220 e. The number of aliphatic hydroxyl groups is 11. The molecule has 3 saturated heterocycles. The molecule has 0 aromatic carbocycles. The van der Waals surface area contributed by atoms with E-state index in [0.717, 1.165) is 57.8 Å². The Kier molecular flexibility index (Phi) is 47.7. The molecule has 1 amide bonds. The molecule has 17 atom stereocenters. The molecule has 12 N–H and O–H groups in total. The van der Waals surface area contributed by atoms with E-state index in [9.17, 15) is 61.0 Å². The summed E-state index contributed by atoms with van der Waals surface area (Å²) in [6.07, 6.45) is 33.7. The molecule has 0 saturated carbocycles. The number of amides is 1. The minimum atomic E-state index is -1.97. The number of carbonyl (C=O) groups is 1. The summed E-state index contributed by atoms with van der Waals surface area (Å²) in [7, 11) is 0. The lowest BCUT2D eigenvalue weighted by Crippen LogP contribution is -2.66. The fraction of sp³-hybridized carbons (Fsp3) is 0.900. The topological polar surface area (TPSA) is 307 Å². The van der Waals surface area contributed by atoms with Crippen LogP contribution in [0.5, 0.6) is 0 Å². The first-order chi connectivity index (χ1) is 43.3. The van der Waals surface area contributed by atoms with Crippen molar-refractivity contribution < 1.29 is 89.4 Å². The van der Waals surface area contributed by atoms with E-state index in [1.807, 2.05) is 0 Å². The van der Waals surface area contributed by atoms with E-state index in [2.05, 4.69) is 55.6 Å². The predicted molar refractivity (Wildman–Crippen MR) is 346 cm³/mol. The van der Waals surface area contributed by atoms with Gasteiger partial charge in [-0.3, -0.25) is 4.79 Å². The molecule has 3 heterocycles. The van der Waals surface area contributed by atoms with Crippen LogP contribution in [0.4, 0.5) is 0 Å². The lowest BCUT2D eigenvalue weighted by molar-refractivity contribution is -0.379. The molecule has 17 unspecified atom stereocenters. The first-order valence-corrected chi connectivity index (χ1v) is 35.7. The van der Waals surface area contributed by atoms with Crippen molar-refractivity contribution in [3.05, 3.63) is 36.5 Å². The molecule has 19 nitrogen and oxygen atoms in total. The summed E-state index contributed by atoms with van der Waals surface area (Å²) in [6, 6.07) is -0.887. The first kappa shape index (κ1) is 81.2. The second kappa shape index (κ2) is 52.3. The Morgan fingerprint density at radius 2 is 0.742 bits per heavy atom. The fourth-order valence-corrected chi connectivity index (χ4v) is 12.1. The van der Waals surface area contributed by atoms with Crippen LogP contribution in [0.25, 0.3) is 0 Å². The van der Waals surface area contributed by atoms with Crippen molar-refractivity contribution in [3.63, 3.8) is 0 Å². The van der Waals surface area contributed by atoms with Gasteiger partial charge in [-0.25, -0.2) is 0 Å². The average molecular weight is 1270 g/mol. The molecule has 0 spiro atoms. The van der Waals surface area contributed by atoms with Crippen LogP contribution in [0.1, 0.15) is 271 Å². The summed E-state index contributed by atoms with van der Waals surface area (Å²) in [5.41, 5.74) is 0. The highest BCUT2D eigenvalue weighted by molar-refractivity contribution is 5.76. The maximum absolute atomic E-state index is 13.4. The summed E-state index contributed by atoms with van der Waals surface area (Å²) >= 11 is 0. The number of ether oxygens (including phenoxy) is 6. The van der Waals surface area contributed by atoms with Gasteiger partial charge < -0.3 is 89.9 Å². The molecule has 19 heteroatoms. The Balaban J connectivity index is 1.39. The van der Waals surface area contributed by atoms with Crippen molar-refractivity contribution >= 4 is 5.91 Å². The van der Waals surface area contributed by atoms with Crippen LogP contribution >= 0.6 is 0 Å². The maximum atomic E-state index is 13.4. The molecule has 3 fully saturated rings. The molecule has 3 rings (SSSR count). The average Bonchev–Trinajstić information content (AvgIpc) is 2.42. The van der Waals surface area contributed by atoms with Gasteiger partial charge in [0.15, 0.2) is 18.9 Å². The summed E-state index contributed by atoms with van der Waals surface area (Å²) in [5.74, 6) is -0.242. The Hall–Kier alpha value is -1.99. The van der Waals surface area contributed by atoms with Crippen molar-refractivity contribution in [2.24, 2.45) is 0 Å². The number of rotatable bonds is 55. The van der Waals surface area contributed by atoms with Crippen molar-refractivity contribution in [2.45, 2.75) is 375 Å². The molecule has 3 aliphatic heterocycles. The largest absolute Gasteiger partial charge is 0.394 e. The molecule has 0 radical (unpaired) electrons. The van der Waals surface area contributed by atoms with E-state index in [-0.39, 0.29) is 18.9 Å². The van der Waals surface area contributed by atoms with Gasteiger partial charge in [0, 0.05) is 6.42 Å². The lowest BCUT2D eigenvalue weighted by Gasteiger charge is -2.48. The third-order valence-corrected chi connectivity index (χ3v) is 18.0. The van der Waals surface area contributed by atoms with Gasteiger partial charge in [-0.15, -0.1) is 0 Å². The molecule has 0 aliphatic carbocycles. The maximum Gasteiger partial charge on any atom is 0.220 e. The van der Waals surface area contributed by atoms with E-state index in [1.54, 1.807) is 0 Å². The van der Waals surface area contributed by atoms with Crippen LogP contribution in [0.2, 0.25) is 0 Å². The standard InChI is InChI=1S/C70H129NO18/c1-3-5-7-9-11-13-15-17-19-20-21-22-23-24-25-26-27-28-29-30-31-32-34-36-38-40-42-44-46-48-58(76)71-53(54(75)47-45-43-41-39-37-35-33-18-16-14-12-10-8-6-4-2)52-84-68-64(82)61(79)66(56(50-73)86-68)89-70-65(83)62(80)67(57(51-74)87-70)88-69-63(81)60(78)59(77)55(49-72)85-69/h15,17,20-21,23-24,53-57,59-70,72-75,77-83H,3-14,16,18-19,22,25-52H2,1-2H3,(H,71,76)/b17-15-,21-20-,24-23-. The lowest BCUT2D eigenvalue weighted by atomic mass is 9.96. The van der Waals surface area contributed by atoms with Crippen molar-refractivity contribution in [3.8, 4) is 0 Å². The molecule has 89 heavy (non-hydrogen) atoms. The Morgan fingerprint density at radius 3 is 1.16 bits per heavy atom. The third-order valence-electron chi connectivity index (χ3n) is 18.0. The number of nitrogens with one attached hydrogen (secondary N) is 1. The normalized spacial score (nSPS) is 28.4. The van der Waals surface area contributed by atoms with Gasteiger partial charge in [0.25, 0.3) is 0 Å². The Labute approximate surface area is 536 Å². The van der Waals surface area contributed by atoms with E-state index in [4.69, 9.17) is 28.4 Å².